The summed E-state index contributed by atoms with van der Waals surface area (Å²) in [7, 11) is 0. The standard InChI is InChI=1S/C54H44N4/c1-52(2)42-31-41(51-56-49(35-19-11-8-12-20-35)55-50(57-51)36-29-27-34(28-30-36)33-17-9-7-10-18-33)46(32-43(42)53(3,4)54(52,5)6)58-44-25-15-23-39-37-21-13-14-22-38(37)40-24-16-26-45(58)48(40)47(39)44/h7-32H,1-6H3. The fourth-order valence-corrected chi connectivity index (χ4v) is 9.99. The van der Waals surface area contributed by atoms with Crippen LogP contribution in [0.1, 0.15) is 52.7 Å². The third-order valence-electron chi connectivity index (χ3n) is 14.3. The lowest BCUT2D eigenvalue weighted by atomic mass is 9.59. The van der Waals surface area contributed by atoms with E-state index in [0.29, 0.717) is 17.5 Å². The average molecular weight is 749 g/mol. The van der Waals surface area contributed by atoms with E-state index in [1.165, 1.54) is 60.0 Å². The van der Waals surface area contributed by atoms with Crippen molar-refractivity contribution in [1.82, 2.24) is 19.5 Å². The van der Waals surface area contributed by atoms with E-state index >= 15 is 0 Å². The Morgan fingerprint density at radius 1 is 0.379 bits per heavy atom. The topological polar surface area (TPSA) is 43.6 Å². The molecule has 4 heteroatoms. The molecule has 0 aliphatic heterocycles. The first kappa shape index (κ1) is 34.6. The number of rotatable bonds is 5. The van der Waals surface area contributed by atoms with E-state index in [1.807, 2.05) is 18.2 Å². The molecular formula is C54H44N4. The maximum atomic E-state index is 5.42. The molecule has 8 aromatic carbocycles. The maximum absolute atomic E-state index is 5.42. The van der Waals surface area contributed by atoms with Crippen LogP contribution in [-0.2, 0) is 10.8 Å². The highest BCUT2D eigenvalue weighted by Crippen LogP contribution is 2.62. The molecule has 0 saturated heterocycles. The van der Waals surface area contributed by atoms with Gasteiger partial charge in [0.15, 0.2) is 17.5 Å². The van der Waals surface area contributed by atoms with Gasteiger partial charge in [-0.15, -0.1) is 0 Å². The van der Waals surface area contributed by atoms with Crippen molar-refractivity contribution < 1.29 is 0 Å². The molecule has 0 amide bonds. The molecule has 0 spiro atoms. The Morgan fingerprint density at radius 3 is 1.34 bits per heavy atom. The lowest BCUT2D eigenvalue weighted by Crippen LogP contribution is -2.42. The molecule has 58 heavy (non-hydrogen) atoms. The first-order chi connectivity index (χ1) is 28.0. The van der Waals surface area contributed by atoms with Crippen LogP contribution in [0.15, 0.2) is 158 Å². The van der Waals surface area contributed by atoms with E-state index in [1.54, 1.807) is 0 Å². The number of fused-ring (bicyclic) bond motifs is 4. The first-order valence-electron chi connectivity index (χ1n) is 20.4. The molecule has 0 unspecified atom stereocenters. The Bertz CT molecular complexity index is 3140. The highest BCUT2D eigenvalue weighted by molar-refractivity contribution is 6.34. The maximum Gasteiger partial charge on any atom is 0.166 e. The van der Waals surface area contributed by atoms with Crippen molar-refractivity contribution in [1.29, 1.82) is 0 Å². The molecule has 0 fully saturated rings. The summed E-state index contributed by atoms with van der Waals surface area (Å²) in [5, 5.41) is 7.67. The summed E-state index contributed by atoms with van der Waals surface area (Å²) in [5.74, 6) is 1.96. The van der Waals surface area contributed by atoms with Crippen molar-refractivity contribution >= 4 is 43.4 Å². The third kappa shape index (κ3) is 4.72. The lowest BCUT2D eigenvalue weighted by Gasteiger charge is -2.44. The van der Waals surface area contributed by atoms with E-state index in [4.69, 9.17) is 15.0 Å². The molecule has 2 aromatic heterocycles. The molecule has 1 aliphatic rings. The van der Waals surface area contributed by atoms with Gasteiger partial charge in [0.1, 0.15) is 0 Å². The number of aromatic nitrogens is 4. The highest BCUT2D eigenvalue weighted by Gasteiger charge is 2.57. The third-order valence-corrected chi connectivity index (χ3v) is 14.3. The smallest absolute Gasteiger partial charge is 0.166 e. The van der Waals surface area contributed by atoms with Gasteiger partial charge in [0.25, 0.3) is 0 Å². The van der Waals surface area contributed by atoms with Crippen LogP contribution in [-0.4, -0.2) is 19.5 Å². The van der Waals surface area contributed by atoms with Gasteiger partial charge in [-0.05, 0) is 84.3 Å². The second-order valence-corrected chi connectivity index (χ2v) is 17.7. The van der Waals surface area contributed by atoms with E-state index in [0.717, 1.165) is 27.9 Å². The van der Waals surface area contributed by atoms with Gasteiger partial charge in [0.2, 0.25) is 0 Å². The minimum Gasteiger partial charge on any atom is -0.308 e. The Kier molecular flexibility index (Phi) is 7.26. The number of hydrogen-bond donors (Lipinski definition) is 0. The lowest BCUT2D eigenvalue weighted by molar-refractivity contribution is 0.125. The summed E-state index contributed by atoms with van der Waals surface area (Å²) in [5.41, 5.74) is 11.1. The van der Waals surface area contributed by atoms with Crippen LogP contribution in [0.3, 0.4) is 0 Å². The van der Waals surface area contributed by atoms with Crippen molar-refractivity contribution in [3.05, 3.63) is 169 Å². The molecule has 0 atom stereocenters. The van der Waals surface area contributed by atoms with E-state index in [9.17, 15) is 0 Å². The first-order valence-corrected chi connectivity index (χ1v) is 20.4. The molecule has 0 bridgehead atoms. The molecule has 0 radical (unpaired) electrons. The van der Waals surface area contributed by atoms with E-state index < -0.39 is 0 Å². The van der Waals surface area contributed by atoms with Gasteiger partial charge < -0.3 is 4.57 Å². The molecule has 0 N–H and O–H groups in total. The molecule has 280 valence electrons. The van der Waals surface area contributed by atoms with Crippen LogP contribution < -0.4 is 0 Å². The molecular weight excluding hydrogens is 705 g/mol. The molecule has 4 nitrogen and oxygen atoms in total. The minimum atomic E-state index is -0.129. The number of nitrogens with zero attached hydrogens (tertiary/aromatic N) is 4. The summed E-state index contributed by atoms with van der Waals surface area (Å²) in [6, 6.07) is 56.7. The Hall–Kier alpha value is -6.65. The molecule has 11 rings (SSSR count). The summed E-state index contributed by atoms with van der Waals surface area (Å²) in [6.45, 7) is 14.5. The van der Waals surface area contributed by atoms with Crippen LogP contribution in [0.25, 0.3) is 94.3 Å². The summed E-state index contributed by atoms with van der Waals surface area (Å²) in [4.78, 5) is 16.0. The van der Waals surface area contributed by atoms with Crippen molar-refractivity contribution in [3.63, 3.8) is 0 Å². The van der Waals surface area contributed by atoms with Gasteiger partial charge in [-0.2, -0.15) is 0 Å². The zero-order chi connectivity index (χ0) is 39.6. The van der Waals surface area contributed by atoms with Crippen molar-refractivity contribution in [2.45, 2.75) is 52.4 Å². The monoisotopic (exact) mass is 748 g/mol. The van der Waals surface area contributed by atoms with E-state index in [2.05, 4.69) is 186 Å². The van der Waals surface area contributed by atoms with Crippen molar-refractivity contribution in [3.8, 4) is 51.0 Å². The van der Waals surface area contributed by atoms with Gasteiger partial charge in [-0.1, -0.05) is 175 Å². The van der Waals surface area contributed by atoms with Gasteiger partial charge in [0, 0.05) is 27.5 Å². The second kappa shape index (κ2) is 12.2. The van der Waals surface area contributed by atoms with Crippen LogP contribution >= 0.6 is 0 Å². The fourth-order valence-electron chi connectivity index (χ4n) is 9.99. The van der Waals surface area contributed by atoms with Crippen LogP contribution in [0, 0.1) is 5.41 Å². The number of benzene rings is 8. The summed E-state index contributed by atoms with van der Waals surface area (Å²) < 4.78 is 2.49. The van der Waals surface area contributed by atoms with E-state index in [-0.39, 0.29) is 16.2 Å². The van der Waals surface area contributed by atoms with Gasteiger partial charge in [0.05, 0.1) is 16.7 Å². The van der Waals surface area contributed by atoms with Crippen molar-refractivity contribution in [2.75, 3.05) is 0 Å². The predicted molar refractivity (Wildman–Crippen MR) is 242 cm³/mol. The molecule has 10 aromatic rings. The van der Waals surface area contributed by atoms with Crippen LogP contribution in [0.2, 0.25) is 0 Å². The SMILES string of the molecule is CC1(C)c2cc(-c3nc(-c4ccccc4)nc(-c4ccc(-c5ccccc5)cc4)n3)c(-n3c4cccc5c6ccccc6c6cccc3c6c54)cc2C(C)(C)C1(C)C. The molecule has 2 heterocycles. The van der Waals surface area contributed by atoms with Crippen LogP contribution in [0.4, 0.5) is 0 Å². The zero-order valence-corrected chi connectivity index (χ0v) is 33.8. The average Bonchev–Trinajstić information content (AvgIpc) is 3.65. The largest absolute Gasteiger partial charge is 0.308 e. The Morgan fingerprint density at radius 2 is 0.793 bits per heavy atom. The Balaban J connectivity index is 1.24. The number of hydrogen-bond acceptors (Lipinski definition) is 3. The summed E-state index contributed by atoms with van der Waals surface area (Å²) >= 11 is 0. The normalized spacial score (nSPS) is 15.5. The fraction of sp³-hybridized carbons (Fsp3) is 0.167. The summed E-state index contributed by atoms with van der Waals surface area (Å²) in [6.07, 6.45) is 0. The van der Waals surface area contributed by atoms with Crippen molar-refractivity contribution in [2.24, 2.45) is 5.41 Å². The van der Waals surface area contributed by atoms with Gasteiger partial charge in [-0.3, -0.25) is 0 Å². The molecule has 0 saturated carbocycles. The zero-order valence-electron chi connectivity index (χ0n) is 33.8. The Labute approximate surface area is 339 Å². The quantitative estimate of drug-likeness (QED) is 0.165. The second-order valence-electron chi connectivity index (χ2n) is 17.7. The highest BCUT2D eigenvalue weighted by atomic mass is 15.1. The van der Waals surface area contributed by atoms with Crippen LogP contribution in [0.5, 0.6) is 0 Å². The predicted octanol–water partition coefficient (Wildman–Crippen LogP) is 14.0. The minimum absolute atomic E-state index is 0.0378. The van der Waals surface area contributed by atoms with Gasteiger partial charge in [-0.25, -0.2) is 15.0 Å². The molecule has 1 aliphatic carbocycles. The van der Waals surface area contributed by atoms with Gasteiger partial charge >= 0.3 is 0 Å².